The van der Waals surface area contributed by atoms with Crippen LogP contribution in [0, 0.1) is 17.5 Å². The fraction of sp³-hybridized carbons (Fsp3) is 0.455. The smallest absolute Gasteiger partial charge is 0.196 e. The highest BCUT2D eigenvalue weighted by Crippen LogP contribution is 2.28. The maximum Gasteiger partial charge on any atom is 0.196 e. The number of benzene rings is 1. The second kappa shape index (κ2) is 4.33. The van der Waals surface area contributed by atoms with E-state index in [4.69, 9.17) is 4.74 Å². The van der Waals surface area contributed by atoms with Crippen molar-refractivity contribution in [2.45, 2.75) is 25.0 Å². The molecule has 0 bridgehead atoms. The molecule has 0 atom stereocenters. The molecule has 0 unspecified atom stereocenters. The Balaban J connectivity index is 2.03. The molecule has 1 aliphatic rings. The third-order valence-electron chi connectivity index (χ3n) is 2.82. The minimum absolute atomic E-state index is 0.00143. The van der Waals surface area contributed by atoms with Gasteiger partial charge >= 0.3 is 0 Å². The van der Waals surface area contributed by atoms with Gasteiger partial charge in [-0.25, -0.2) is 13.2 Å². The molecule has 1 saturated carbocycles. The molecular formula is C11H12F3NO. The second-order valence-corrected chi connectivity index (χ2v) is 3.89. The van der Waals surface area contributed by atoms with E-state index in [-0.39, 0.29) is 17.8 Å². The molecule has 0 amide bonds. The van der Waals surface area contributed by atoms with Gasteiger partial charge in [0.1, 0.15) is 0 Å². The lowest BCUT2D eigenvalue weighted by atomic mass is 9.89. The van der Waals surface area contributed by atoms with Crippen molar-refractivity contribution in [3.05, 3.63) is 29.6 Å². The van der Waals surface area contributed by atoms with Crippen molar-refractivity contribution in [3.63, 3.8) is 0 Å². The van der Waals surface area contributed by atoms with Gasteiger partial charge in [0.15, 0.2) is 17.5 Å². The average molecular weight is 231 g/mol. The van der Waals surface area contributed by atoms with Gasteiger partial charge in [-0.05, 0) is 25.0 Å². The summed E-state index contributed by atoms with van der Waals surface area (Å²) in [5, 5.41) is 2.82. The Morgan fingerprint density at radius 1 is 1.19 bits per heavy atom. The quantitative estimate of drug-likeness (QED) is 0.807. The normalized spacial score (nSPS) is 24.0. The van der Waals surface area contributed by atoms with E-state index in [1.54, 1.807) is 7.11 Å². The third kappa shape index (κ3) is 2.00. The molecule has 1 fully saturated rings. The van der Waals surface area contributed by atoms with Crippen molar-refractivity contribution in [3.8, 4) is 0 Å². The minimum atomic E-state index is -1.44. The van der Waals surface area contributed by atoms with E-state index >= 15 is 0 Å². The van der Waals surface area contributed by atoms with E-state index in [1.807, 2.05) is 0 Å². The topological polar surface area (TPSA) is 21.3 Å². The van der Waals surface area contributed by atoms with Crippen molar-refractivity contribution in [2.75, 3.05) is 12.4 Å². The maximum atomic E-state index is 13.3. The van der Waals surface area contributed by atoms with Gasteiger partial charge in [0.05, 0.1) is 11.8 Å². The summed E-state index contributed by atoms with van der Waals surface area (Å²) in [6.45, 7) is 0. The first-order valence-electron chi connectivity index (χ1n) is 5.04. The molecule has 0 aliphatic heterocycles. The molecule has 5 heteroatoms. The van der Waals surface area contributed by atoms with Crippen LogP contribution in [0.15, 0.2) is 12.1 Å². The summed E-state index contributed by atoms with van der Waals surface area (Å²) in [5.74, 6) is -3.78. The summed E-state index contributed by atoms with van der Waals surface area (Å²) < 4.78 is 43.9. The molecule has 16 heavy (non-hydrogen) atoms. The Bertz CT molecular complexity index is 391. The second-order valence-electron chi connectivity index (χ2n) is 3.89. The molecule has 1 N–H and O–H groups in total. The zero-order chi connectivity index (χ0) is 11.7. The molecule has 88 valence electrons. The summed E-state index contributed by atoms with van der Waals surface area (Å²) in [5.41, 5.74) is -0.00143. The summed E-state index contributed by atoms with van der Waals surface area (Å²) in [4.78, 5) is 0. The van der Waals surface area contributed by atoms with E-state index in [1.165, 1.54) is 6.07 Å². The van der Waals surface area contributed by atoms with Crippen molar-refractivity contribution >= 4 is 5.69 Å². The Hall–Kier alpha value is -1.23. The van der Waals surface area contributed by atoms with Crippen molar-refractivity contribution < 1.29 is 17.9 Å². The number of halogens is 3. The van der Waals surface area contributed by atoms with E-state index in [0.29, 0.717) is 0 Å². The monoisotopic (exact) mass is 231 g/mol. The number of rotatable bonds is 3. The van der Waals surface area contributed by atoms with Gasteiger partial charge in [-0.1, -0.05) is 0 Å². The van der Waals surface area contributed by atoms with Crippen LogP contribution in [-0.2, 0) is 4.74 Å². The number of hydrogen-bond acceptors (Lipinski definition) is 2. The number of hydrogen-bond donors (Lipinski definition) is 1. The lowest BCUT2D eigenvalue weighted by Gasteiger charge is -2.35. The predicted molar refractivity (Wildman–Crippen MR) is 53.8 cm³/mol. The predicted octanol–water partition coefficient (Wildman–Crippen LogP) is 2.69. The van der Waals surface area contributed by atoms with Crippen LogP contribution in [0.4, 0.5) is 18.9 Å². The lowest BCUT2D eigenvalue weighted by molar-refractivity contribution is 0.0328. The first-order chi connectivity index (χ1) is 7.61. The first kappa shape index (κ1) is 11.3. The van der Waals surface area contributed by atoms with Gasteiger partial charge in [0, 0.05) is 13.2 Å². The highest BCUT2D eigenvalue weighted by atomic mass is 19.2. The van der Waals surface area contributed by atoms with E-state index in [9.17, 15) is 13.2 Å². The van der Waals surface area contributed by atoms with Crippen LogP contribution in [0.25, 0.3) is 0 Å². The zero-order valence-electron chi connectivity index (χ0n) is 8.77. The van der Waals surface area contributed by atoms with Gasteiger partial charge in [0.25, 0.3) is 0 Å². The van der Waals surface area contributed by atoms with Crippen molar-refractivity contribution in [1.82, 2.24) is 0 Å². The number of ether oxygens (including phenoxy) is 1. The number of nitrogens with one attached hydrogen (secondary N) is 1. The average Bonchev–Trinajstić information content (AvgIpc) is 2.22. The molecule has 0 spiro atoms. The Labute approximate surface area is 91.4 Å². The Morgan fingerprint density at radius 2 is 1.88 bits per heavy atom. The van der Waals surface area contributed by atoms with Crippen LogP contribution in [0.5, 0.6) is 0 Å². The van der Waals surface area contributed by atoms with E-state index in [0.717, 1.165) is 18.9 Å². The first-order valence-corrected chi connectivity index (χ1v) is 5.04. The van der Waals surface area contributed by atoms with Crippen molar-refractivity contribution in [1.29, 1.82) is 0 Å². The van der Waals surface area contributed by atoms with Gasteiger partial charge < -0.3 is 10.1 Å². The molecule has 0 aromatic heterocycles. The van der Waals surface area contributed by atoms with E-state index < -0.39 is 17.5 Å². The highest BCUT2D eigenvalue weighted by Gasteiger charge is 2.29. The number of methoxy groups -OCH3 is 1. The highest BCUT2D eigenvalue weighted by molar-refractivity contribution is 5.46. The maximum absolute atomic E-state index is 13.3. The van der Waals surface area contributed by atoms with E-state index in [2.05, 4.69) is 5.32 Å². The Morgan fingerprint density at radius 3 is 2.50 bits per heavy atom. The van der Waals surface area contributed by atoms with Crippen LogP contribution in [0.2, 0.25) is 0 Å². The molecule has 0 saturated heterocycles. The summed E-state index contributed by atoms with van der Waals surface area (Å²) in [6, 6.07) is 2.17. The molecule has 0 radical (unpaired) electrons. The molecule has 2 rings (SSSR count). The molecule has 1 aliphatic carbocycles. The molecule has 1 aromatic carbocycles. The lowest BCUT2D eigenvalue weighted by Crippen LogP contribution is -2.40. The largest absolute Gasteiger partial charge is 0.381 e. The van der Waals surface area contributed by atoms with Crippen molar-refractivity contribution in [2.24, 2.45) is 0 Å². The fourth-order valence-corrected chi connectivity index (χ4v) is 1.73. The molecular weight excluding hydrogens is 219 g/mol. The van der Waals surface area contributed by atoms with Gasteiger partial charge in [-0.3, -0.25) is 0 Å². The summed E-state index contributed by atoms with van der Waals surface area (Å²) >= 11 is 0. The van der Waals surface area contributed by atoms with Crippen LogP contribution in [0.1, 0.15) is 12.8 Å². The standard InChI is InChI=1S/C11H12F3NO/c1-16-7-4-6(5-7)15-9-3-2-8(12)10(13)11(9)14/h2-3,6-7,15H,4-5H2,1H3. The SMILES string of the molecule is COC1CC(Nc2ccc(F)c(F)c2F)C1. The van der Waals surface area contributed by atoms with Crippen LogP contribution >= 0.6 is 0 Å². The van der Waals surface area contributed by atoms with Gasteiger partial charge in [-0.15, -0.1) is 0 Å². The van der Waals surface area contributed by atoms with Crippen LogP contribution in [-0.4, -0.2) is 19.3 Å². The number of anilines is 1. The third-order valence-corrected chi connectivity index (χ3v) is 2.82. The molecule has 2 nitrogen and oxygen atoms in total. The zero-order valence-corrected chi connectivity index (χ0v) is 8.77. The van der Waals surface area contributed by atoms with Crippen LogP contribution < -0.4 is 5.32 Å². The fourth-order valence-electron chi connectivity index (χ4n) is 1.73. The van der Waals surface area contributed by atoms with Gasteiger partial charge in [-0.2, -0.15) is 0 Å². The molecule has 0 heterocycles. The summed E-state index contributed by atoms with van der Waals surface area (Å²) in [6.07, 6.45) is 1.66. The van der Waals surface area contributed by atoms with Gasteiger partial charge in [0.2, 0.25) is 0 Å². The Kier molecular flexibility index (Phi) is 3.05. The van der Waals surface area contributed by atoms with Crippen LogP contribution in [0.3, 0.4) is 0 Å². The summed E-state index contributed by atoms with van der Waals surface area (Å²) in [7, 11) is 1.61. The molecule has 1 aromatic rings. The minimum Gasteiger partial charge on any atom is -0.381 e.